The predicted octanol–water partition coefficient (Wildman–Crippen LogP) is 3.29. The van der Waals surface area contributed by atoms with Crippen molar-refractivity contribution in [1.29, 1.82) is 0 Å². The number of aromatic nitrogens is 2. The zero-order chi connectivity index (χ0) is 9.38. The van der Waals surface area contributed by atoms with Crippen molar-refractivity contribution in [3.8, 4) is 11.1 Å². The molecule has 3 aromatic rings. The number of hydrogen-bond donors (Lipinski definition) is 1. The molecule has 1 aromatic carbocycles. The third-order valence-electron chi connectivity index (χ3n) is 2.33. The standard InChI is InChI=1S/C11H8N2S/c1-2-4-11-9(3-1)10(6-12-11)8-5-13-14-7-8/h1-7,12H. The fraction of sp³-hybridized carbons (Fsp3) is 0. The molecule has 0 aliphatic heterocycles. The Morgan fingerprint density at radius 2 is 2.14 bits per heavy atom. The minimum absolute atomic E-state index is 1.17. The summed E-state index contributed by atoms with van der Waals surface area (Å²) in [6, 6.07) is 8.30. The second-order valence-electron chi connectivity index (χ2n) is 3.16. The van der Waals surface area contributed by atoms with Crippen LogP contribution in [0.25, 0.3) is 22.0 Å². The van der Waals surface area contributed by atoms with Gasteiger partial charge in [-0.1, -0.05) is 18.2 Å². The Bertz CT molecular complexity index is 551. The zero-order valence-electron chi connectivity index (χ0n) is 7.40. The summed E-state index contributed by atoms with van der Waals surface area (Å²) in [5.41, 5.74) is 3.59. The molecule has 3 heteroatoms. The molecule has 0 amide bonds. The van der Waals surface area contributed by atoms with Gasteiger partial charge in [0.1, 0.15) is 0 Å². The normalized spacial score (nSPS) is 10.9. The van der Waals surface area contributed by atoms with Crippen LogP contribution in [0.15, 0.2) is 42.0 Å². The highest BCUT2D eigenvalue weighted by Gasteiger charge is 2.05. The third kappa shape index (κ3) is 1.06. The molecule has 0 unspecified atom stereocenters. The predicted molar refractivity (Wildman–Crippen MR) is 59.4 cm³/mol. The SMILES string of the molecule is c1ccc2c(-c3cnsc3)c[nH]c2c1. The van der Waals surface area contributed by atoms with Crippen LogP contribution in [-0.2, 0) is 0 Å². The van der Waals surface area contributed by atoms with Crippen molar-refractivity contribution in [3.63, 3.8) is 0 Å². The Morgan fingerprint density at radius 3 is 3.00 bits per heavy atom. The fourth-order valence-electron chi connectivity index (χ4n) is 1.65. The molecule has 2 heterocycles. The highest BCUT2D eigenvalue weighted by molar-refractivity contribution is 7.03. The van der Waals surface area contributed by atoms with Gasteiger partial charge in [-0.05, 0) is 17.6 Å². The quantitative estimate of drug-likeness (QED) is 0.641. The van der Waals surface area contributed by atoms with Crippen molar-refractivity contribution in [2.24, 2.45) is 0 Å². The van der Waals surface area contributed by atoms with E-state index in [1.807, 2.05) is 18.5 Å². The molecule has 2 aromatic heterocycles. The van der Waals surface area contributed by atoms with Gasteiger partial charge in [0.05, 0.1) is 0 Å². The summed E-state index contributed by atoms with van der Waals surface area (Å²) in [5, 5.41) is 3.32. The first-order valence-electron chi connectivity index (χ1n) is 4.41. The second kappa shape index (κ2) is 2.96. The number of benzene rings is 1. The number of para-hydroxylation sites is 1. The lowest BCUT2D eigenvalue weighted by atomic mass is 10.1. The molecule has 0 radical (unpaired) electrons. The van der Waals surface area contributed by atoms with Crippen LogP contribution in [0, 0.1) is 0 Å². The van der Waals surface area contributed by atoms with E-state index in [2.05, 4.69) is 32.9 Å². The van der Waals surface area contributed by atoms with Crippen LogP contribution in [-0.4, -0.2) is 9.36 Å². The summed E-state index contributed by atoms with van der Waals surface area (Å²) in [4.78, 5) is 3.25. The molecule has 0 aliphatic rings. The molecule has 0 saturated carbocycles. The smallest absolute Gasteiger partial charge is 0.0486 e. The lowest BCUT2D eigenvalue weighted by molar-refractivity contribution is 1.47. The maximum Gasteiger partial charge on any atom is 0.0486 e. The summed E-state index contributed by atoms with van der Waals surface area (Å²) in [7, 11) is 0. The molecular formula is C11H8N2S. The van der Waals surface area contributed by atoms with Crippen LogP contribution in [0.2, 0.25) is 0 Å². The molecule has 0 fully saturated rings. The van der Waals surface area contributed by atoms with E-state index in [-0.39, 0.29) is 0 Å². The summed E-state index contributed by atoms with van der Waals surface area (Å²) < 4.78 is 4.11. The maximum absolute atomic E-state index is 4.11. The van der Waals surface area contributed by atoms with E-state index in [1.54, 1.807) is 0 Å². The van der Waals surface area contributed by atoms with Crippen molar-refractivity contribution in [2.45, 2.75) is 0 Å². The topological polar surface area (TPSA) is 28.7 Å². The Labute approximate surface area is 85.4 Å². The van der Waals surface area contributed by atoms with Gasteiger partial charge in [-0.25, -0.2) is 4.37 Å². The zero-order valence-corrected chi connectivity index (χ0v) is 8.21. The Hall–Kier alpha value is -1.61. The van der Waals surface area contributed by atoms with Crippen LogP contribution in [0.4, 0.5) is 0 Å². The van der Waals surface area contributed by atoms with E-state index in [4.69, 9.17) is 0 Å². The average Bonchev–Trinajstić information content (AvgIpc) is 2.85. The highest BCUT2D eigenvalue weighted by atomic mass is 32.1. The van der Waals surface area contributed by atoms with Gasteiger partial charge in [0, 0.05) is 39.8 Å². The number of aromatic amines is 1. The number of fused-ring (bicyclic) bond motifs is 1. The van der Waals surface area contributed by atoms with Crippen LogP contribution in [0.3, 0.4) is 0 Å². The van der Waals surface area contributed by atoms with Gasteiger partial charge in [-0.15, -0.1) is 0 Å². The van der Waals surface area contributed by atoms with Crippen molar-refractivity contribution in [2.75, 3.05) is 0 Å². The summed E-state index contributed by atoms with van der Waals surface area (Å²) in [5.74, 6) is 0. The molecule has 0 saturated heterocycles. The molecule has 1 N–H and O–H groups in total. The van der Waals surface area contributed by atoms with Gasteiger partial charge in [0.2, 0.25) is 0 Å². The van der Waals surface area contributed by atoms with E-state index in [0.29, 0.717) is 0 Å². The third-order valence-corrected chi connectivity index (χ3v) is 2.92. The van der Waals surface area contributed by atoms with E-state index in [9.17, 15) is 0 Å². The molecular weight excluding hydrogens is 192 g/mol. The molecule has 68 valence electrons. The summed E-state index contributed by atoms with van der Waals surface area (Å²) in [6.07, 6.45) is 3.94. The van der Waals surface area contributed by atoms with Gasteiger partial charge in [-0.3, -0.25) is 0 Å². The first-order chi connectivity index (χ1) is 6.95. The Morgan fingerprint density at radius 1 is 1.21 bits per heavy atom. The van der Waals surface area contributed by atoms with Crippen molar-refractivity contribution in [3.05, 3.63) is 42.0 Å². The minimum Gasteiger partial charge on any atom is -0.361 e. The second-order valence-corrected chi connectivity index (χ2v) is 3.82. The monoisotopic (exact) mass is 200 g/mol. The number of rotatable bonds is 1. The van der Waals surface area contributed by atoms with Crippen LogP contribution in [0.1, 0.15) is 0 Å². The first kappa shape index (κ1) is 7.76. The highest BCUT2D eigenvalue weighted by Crippen LogP contribution is 2.28. The number of nitrogens with one attached hydrogen (secondary N) is 1. The van der Waals surface area contributed by atoms with E-state index in [0.717, 1.165) is 0 Å². The molecule has 2 nitrogen and oxygen atoms in total. The van der Waals surface area contributed by atoms with Crippen LogP contribution < -0.4 is 0 Å². The van der Waals surface area contributed by atoms with Gasteiger partial charge >= 0.3 is 0 Å². The van der Waals surface area contributed by atoms with Gasteiger partial charge in [-0.2, -0.15) is 0 Å². The van der Waals surface area contributed by atoms with Crippen molar-refractivity contribution < 1.29 is 0 Å². The molecule has 0 aliphatic carbocycles. The van der Waals surface area contributed by atoms with Crippen LogP contribution in [0.5, 0.6) is 0 Å². The maximum atomic E-state index is 4.11. The summed E-state index contributed by atoms with van der Waals surface area (Å²) >= 11 is 1.48. The number of H-pyrrole nitrogens is 1. The van der Waals surface area contributed by atoms with E-state index in [1.165, 1.54) is 33.6 Å². The Kier molecular flexibility index (Phi) is 1.64. The van der Waals surface area contributed by atoms with Gasteiger partial charge in [0.15, 0.2) is 0 Å². The van der Waals surface area contributed by atoms with Gasteiger partial charge < -0.3 is 4.98 Å². The van der Waals surface area contributed by atoms with E-state index < -0.39 is 0 Å². The van der Waals surface area contributed by atoms with Crippen molar-refractivity contribution in [1.82, 2.24) is 9.36 Å². The average molecular weight is 200 g/mol. The fourth-order valence-corrected chi connectivity index (χ4v) is 2.18. The van der Waals surface area contributed by atoms with Crippen molar-refractivity contribution >= 4 is 22.4 Å². The molecule has 3 rings (SSSR count). The Balaban J connectivity index is 2.33. The number of nitrogens with zero attached hydrogens (tertiary/aromatic N) is 1. The minimum atomic E-state index is 1.17. The first-order valence-corrected chi connectivity index (χ1v) is 5.25. The summed E-state index contributed by atoms with van der Waals surface area (Å²) in [6.45, 7) is 0. The lowest BCUT2D eigenvalue weighted by Gasteiger charge is -1.92. The number of hydrogen-bond acceptors (Lipinski definition) is 2. The molecule has 0 atom stereocenters. The molecule has 14 heavy (non-hydrogen) atoms. The van der Waals surface area contributed by atoms with Crippen LogP contribution >= 0.6 is 11.5 Å². The lowest BCUT2D eigenvalue weighted by Crippen LogP contribution is -1.69. The molecule has 0 bridgehead atoms. The molecule has 0 spiro atoms. The van der Waals surface area contributed by atoms with Gasteiger partial charge in [0.25, 0.3) is 0 Å². The largest absolute Gasteiger partial charge is 0.361 e. The van der Waals surface area contributed by atoms with E-state index >= 15 is 0 Å².